The quantitative estimate of drug-likeness (QED) is 0.713. The minimum Gasteiger partial charge on any atom is -0.484 e. The van der Waals surface area contributed by atoms with Gasteiger partial charge in [0.05, 0.1) is 0 Å². The highest BCUT2D eigenvalue weighted by Crippen LogP contribution is 2.19. The number of carbonyl (C=O) groups is 2. The third-order valence-corrected chi connectivity index (χ3v) is 4.49. The molecular formula is C21H25ClN2O3. The first-order chi connectivity index (χ1) is 13.0. The SMILES string of the molecule is CCCNC(=O)[C@@H](C)N(Cc1ccccc1Cl)C(=O)COc1ccccc1. The molecule has 0 unspecified atom stereocenters. The number of hydrogen-bond donors (Lipinski definition) is 1. The molecule has 0 aliphatic heterocycles. The molecule has 0 aliphatic carbocycles. The van der Waals surface area contributed by atoms with E-state index in [2.05, 4.69) is 5.32 Å². The monoisotopic (exact) mass is 388 g/mol. The maximum absolute atomic E-state index is 12.8. The fourth-order valence-corrected chi connectivity index (χ4v) is 2.73. The summed E-state index contributed by atoms with van der Waals surface area (Å²) < 4.78 is 5.57. The van der Waals surface area contributed by atoms with Gasteiger partial charge in [0.25, 0.3) is 5.91 Å². The number of hydrogen-bond acceptors (Lipinski definition) is 3. The largest absolute Gasteiger partial charge is 0.484 e. The number of benzene rings is 2. The Kier molecular flexibility index (Phi) is 8.14. The Hall–Kier alpha value is -2.53. The molecular weight excluding hydrogens is 364 g/mol. The first-order valence-electron chi connectivity index (χ1n) is 9.01. The summed E-state index contributed by atoms with van der Waals surface area (Å²) >= 11 is 6.24. The van der Waals surface area contributed by atoms with Crippen molar-refractivity contribution in [1.82, 2.24) is 10.2 Å². The molecule has 6 heteroatoms. The molecule has 0 aliphatic rings. The lowest BCUT2D eigenvalue weighted by molar-refractivity contribution is -0.142. The number of rotatable bonds is 9. The molecule has 0 heterocycles. The summed E-state index contributed by atoms with van der Waals surface area (Å²) in [5, 5.41) is 3.39. The number of amides is 2. The maximum Gasteiger partial charge on any atom is 0.261 e. The smallest absolute Gasteiger partial charge is 0.261 e. The van der Waals surface area contributed by atoms with E-state index in [0.717, 1.165) is 12.0 Å². The van der Waals surface area contributed by atoms with E-state index >= 15 is 0 Å². The van der Waals surface area contributed by atoms with Gasteiger partial charge in [0.15, 0.2) is 6.61 Å². The predicted molar refractivity (Wildman–Crippen MR) is 107 cm³/mol. The van der Waals surface area contributed by atoms with Gasteiger partial charge < -0.3 is 15.0 Å². The van der Waals surface area contributed by atoms with Gasteiger partial charge in [-0.3, -0.25) is 9.59 Å². The number of nitrogens with zero attached hydrogens (tertiary/aromatic N) is 1. The Labute approximate surface area is 165 Å². The topological polar surface area (TPSA) is 58.6 Å². The Morgan fingerprint density at radius 2 is 1.78 bits per heavy atom. The van der Waals surface area contributed by atoms with Crippen LogP contribution >= 0.6 is 11.6 Å². The Morgan fingerprint density at radius 1 is 1.11 bits per heavy atom. The second-order valence-electron chi connectivity index (χ2n) is 6.18. The van der Waals surface area contributed by atoms with Crippen molar-refractivity contribution in [3.05, 3.63) is 65.2 Å². The fourth-order valence-electron chi connectivity index (χ4n) is 2.53. The third kappa shape index (κ3) is 6.29. The molecule has 0 saturated heterocycles. The number of para-hydroxylation sites is 1. The van der Waals surface area contributed by atoms with Gasteiger partial charge in [0, 0.05) is 18.1 Å². The van der Waals surface area contributed by atoms with Gasteiger partial charge in [-0.2, -0.15) is 0 Å². The summed E-state index contributed by atoms with van der Waals surface area (Å²) in [6.45, 7) is 4.34. The van der Waals surface area contributed by atoms with Gasteiger partial charge in [-0.1, -0.05) is 54.9 Å². The van der Waals surface area contributed by atoms with Crippen LogP contribution in [-0.2, 0) is 16.1 Å². The van der Waals surface area contributed by atoms with Crippen LogP contribution in [0.1, 0.15) is 25.8 Å². The van der Waals surface area contributed by atoms with Gasteiger partial charge in [-0.15, -0.1) is 0 Å². The highest BCUT2D eigenvalue weighted by molar-refractivity contribution is 6.31. The van der Waals surface area contributed by atoms with E-state index < -0.39 is 6.04 Å². The third-order valence-electron chi connectivity index (χ3n) is 4.12. The Balaban J connectivity index is 2.13. The summed E-state index contributed by atoms with van der Waals surface area (Å²) in [5.41, 5.74) is 0.780. The van der Waals surface area contributed by atoms with E-state index in [-0.39, 0.29) is 25.0 Å². The number of nitrogens with one attached hydrogen (secondary N) is 1. The van der Waals surface area contributed by atoms with Crippen molar-refractivity contribution >= 4 is 23.4 Å². The van der Waals surface area contributed by atoms with Gasteiger partial charge in [0.2, 0.25) is 5.91 Å². The molecule has 2 rings (SSSR count). The van der Waals surface area contributed by atoms with Gasteiger partial charge in [-0.25, -0.2) is 0 Å². The second-order valence-corrected chi connectivity index (χ2v) is 6.59. The molecule has 1 N–H and O–H groups in total. The molecule has 0 radical (unpaired) electrons. The van der Waals surface area contributed by atoms with E-state index in [1.54, 1.807) is 25.1 Å². The maximum atomic E-state index is 12.8. The van der Waals surface area contributed by atoms with Crippen LogP contribution in [0.3, 0.4) is 0 Å². The van der Waals surface area contributed by atoms with Crippen molar-refractivity contribution < 1.29 is 14.3 Å². The minimum absolute atomic E-state index is 0.153. The highest BCUT2D eigenvalue weighted by Gasteiger charge is 2.26. The molecule has 144 valence electrons. The summed E-state index contributed by atoms with van der Waals surface area (Å²) in [6, 6.07) is 15.8. The summed E-state index contributed by atoms with van der Waals surface area (Å²) in [4.78, 5) is 26.7. The van der Waals surface area contributed by atoms with Crippen molar-refractivity contribution in [1.29, 1.82) is 0 Å². The predicted octanol–water partition coefficient (Wildman–Crippen LogP) is 3.66. The van der Waals surface area contributed by atoms with Crippen molar-refractivity contribution in [2.24, 2.45) is 0 Å². The van der Waals surface area contributed by atoms with E-state index in [0.29, 0.717) is 17.3 Å². The van der Waals surface area contributed by atoms with Crippen LogP contribution in [0.4, 0.5) is 0 Å². The molecule has 27 heavy (non-hydrogen) atoms. The molecule has 0 saturated carbocycles. The fraction of sp³-hybridized carbons (Fsp3) is 0.333. The molecule has 2 aromatic rings. The van der Waals surface area contributed by atoms with Crippen molar-refractivity contribution in [2.75, 3.05) is 13.2 Å². The van der Waals surface area contributed by atoms with Gasteiger partial charge in [-0.05, 0) is 37.1 Å². The minimum atomic E-state index is -0.639. The lowest BCUT2D eigenvalue weighted by atomic mass is 10.1. The molecule has 0 spiro atoms. The second kappa shape index (κ2) is 10.6. The summed E-state index contributed by atoms with van der Waals surface area (Å²) in [7, 11) is 0. The first-order valence-corrected chi connectivity index (χ1v) is 9.39. The average Bonchev–Trinajstić information content (AvgIpc) is 2.70. The van der Waals surface area contributed by atoms with Crippen LogP contribution < -0.4 is 10.1 Å². The molecule has 1 atom stereocenters. The summed E-state index contributed by atoms with van der Waals surface area (Å²) in [6.07, 6.45) is 0.827. The van der Waals surface area contributed by atoms with Crippen LogP contribution in [0, 0.1) is 0 Å². The lowest BCUT2D eigenvalue weighted by Gasteiger charge is -2.29. The van der Waals surface area contributed by atoms with E-state index in [1.165, 1.54) is 4.90 Å². The Bertz CT molecular complexity index is 752. The molecule has 0 fully saturated rings. The van der Waals surface area contributed by atoms with Crippen LogP contribution in [0.25, 0.3) is 0 Å². The summed E-state index contributed by atoms with van der Waals surface area (Å²) in [5.74, 6) is 0.126. The number of halogens is 1. The zero-order valence-electron chi connectivity index (χ0n) is 15.7. The highest BCUT2D eigenvalue weighted by atomic mass is 35.5. The van der Waals surface area contributed by atoms with Crippen molar-refractivity contribution in [2.45, 2.75) is 32.9 Å². The normalized spacial score (nSPS) is 11.5. The lowest BCUT2D eigenvalue weighted by Crippen LogP contribution is -2.49. The van der Waals surface area contributed by atoms with Gasteiger partial charge in [0.1, 0.15) is 11.8 Å². The Morgan fingerprint density at radius 3 is 2.44 bits per heavy atom. The average molecular weight is 389 g/mol. The van der Waals surface area contributed by atoms with Crippen LogP contribution in [-0.4, -0.2) is 35.9 Å². The number of ether oxygens (including phenoxy) is 1. The molecule has 5 nitrogen and oxygen atoms in total. The van der Waals surface area contributed by atoms with Crippen LogP contribution in [0.2, 0.25) is 5.02 Å². The zero-order valence-corrected chi connectivity index (χ0v) is 16.4. The number of carbonyl (C=O) groups excluding carboxylic acids is 2. The standard InChI is InChI=1S/C21H25ClN2O3/c1-3-13-23-21(26)16(2)24(14-17-9-7-8-12-19(17)22)20(25)15-27-18-10-5-4-6-11-18/h4-12,16H,3,13-15H2,1-2H3,(H,23,26)/t16-/m1/s1. The zero-order chi connectivity index (χ0) is 19.6. The van der Waals surface area contributed by atoms with Crippen LogP contribution in [0.15, 0.2) is 54.6 Å². The molecule has 2 amide bonds. The van der Waals surface area contributed by atoms with Crippen LogP contribution in [0.5, 0.6) is 5.75 Å². The van der Waals surface area contributed by atoms with Gasteiger partial charge >= 0.3 is 0 Å². The van der Waals surface area contributed by atoms with E-state index in [1.807, 2.05) is 43.3 Å². The van der Waals surface area contributed by atoms with E-state index in [9.17, 15) is 9.59 Å². The molecule has 2 aromatic carbocycles. The van der Waals surface area contributed by atoms with E-state index in [4.69, 9.17) is 16.3 Å². The van der Waals surface area contributed by atoms with Crippen molar-refractivity contribution in [3.63, 3.8) is 0 Å². The van der Waals surface area contributed by atoms with Crippen molar-refractivity contribution in [3.8, 4) is 5.75 Å². The first kappa shape index (κ1) is 20.8. The molecule has 0 bridgehead atoms. The molecule has 0 aromatic heterocycles.